The highest BCUT2D eigenvalue weighted by Crippen LogP contribution is 2.15. The molecule has 1 aromatic rings. The van der Waals surface area contributed by atoms with Crippen molar-refractivity contribution < 1.29 is 19.4 Å². The Morgan fingerprint density at radius 3 is 2.38 bits per heavy atom. The minimum atomic E-state index is -1.03. The molecule has 1 rings (SSSR count). The summed E-state index contributed by atoms with van der Waals surface area (Å²) < 4.78 is 4.94. The number of Topliss-reactive ketones (excluding diaryl/α,β-unsaturated/α-hetero) is 1. The third kappa shape index (κ3) is 3.66. The van der Waals surface area contributed by atoms with Gasteiger partial charge in [-0.05, 0) is 31.2 Å². The second-order valence-corrected chi connectivity index (χ2v) is 4.56. The Kier molecular flexibility index (Phi) is 4.49. The average molecular weight is 287 g/mol. The number of aliphatic carboxylic acids is 1. The van der Waals surface area contributed by atoms with Gasteiger partial charge >= 0.3 is 5.97 Å². The number of carboxylic acid groups (broad SMARTS) is 1. The zero-order chi connectivity index (χ0) is 12.1. The number of hydrogen-bond donors (Lipinski definition) is 1. The van der Waals surface area contributed by atoms with E-state index < -0.39 is 5.97 Å². The van der Waals surface area contributed by atoms with Gasteiger partial charge in [-0.3, -0.25) is 4.79 Å². The van der Waals surface area contributed by atoms with Crippen LogP contribution in [0.25, 0.3) is 0 Å². The maximum atomic E-state index is 11.5. The maximum Gasteiger partial charge on any atom is 0.341 e. The quantitative estimate of drug-likeness (QED) is 0.665. The molecule has 4 nitrogen and oxygen atoms in total. The highest BCUT2D eigenvalue weighted by Gasteiger charge is 2.11. The summed E-state index contributed by atoms with van der Waals surface area (Å²) in [5, 5.41) is 8.41. The summed E-state index contributed by atoms with van der Waals surface area (Å²) in [7, 11) is 0. The summed E-state index contributed by atoms with van der Waals surface area (Å²) in [4.78, 5) is 21.6. The van der Waals surface area contributed by atoms with E-state index in [1.165, 1.54) is 0 Å². The minimum Gasteiger partial charge on any atom is -0.482 e. The molecule has 0 aliphatic heterocycles. The van der Waals surface area contributed by atoms with Crippen LogP contribution < -0.4 is 4.74 Å². The molecule has 0 radical (unpaired) electrons. The molecular formula is C11H11BrO4. The van der Waals surface area contributed by atoms with E-state index in [0.29, 0.717) is 11.3 Å². The van der Waals surface area contributed by atoms with E-state index in [9.17, 15) is 9.59 Å². The molecule has 86 valence electrons. The minimum absolute atomic E-state index is 0.0233. The van der Waals surface area contributed by atoms with Gasteiger partial charge in [0.25, 0.3) is 0 Å². The van der Waals surface area contributed by atoms with Gasteiger partial charge in [-0.2, -0.15) is 0 Å². The number of ketones is 1. The summed E-state index contributed by atoms with van der Waals surface area (Å²) >= 11 is 3.19. The van der Waals surface area contributed by atoms with Gasteiger partial charge in [-0.15, -0.1) is 0 Å². The molecular weight excluding hydrogens is 276 g/mol. The Hall–Kier alpha value is -1.36. The number of hydrogen-bond acceptors (Lipinski definition) is 3. The van der Waals surface area contributed by atoms with E-state index >= 15 is 0 Å². The smallest absolute Gasteiger partial charge is 0.341 e. The van der Waals surface area contributed by atoms with Gasteiger partial charge in [0, 0.05) is 5.56 Å². The van der Waals surface area contributed by atoms with Gasteiger partial charge in [0.15, 0.2) is 12.4 Å². The highest BCUT2D eigenvalue weighted by atomic mass is 79.9. The van der Waals surface area contributed by atoms with Gasteiger partial charge in [-0.1, -0.05) is 15.9 Å². The molecule has 1 aromatic carbocycles. The molecule has 0 saturated carbocycles. The third-order valence-electron chi connectivity index (χ3n) is 1.86. The number of ether oxygens (including phenoxy) is 1. The number of halogens is 1. The molecule has 1 N–H and O–H groups in total. The lowest BCUT2D eigenvalue weighted by Gasteiger charge is -2.05. The van der Waals surface area contributed by atoms with Gasteiger partial charge in [0.05, 0.1) is 4.83 Å². The van der Waals surface area contributed by atoms with Crippen LogP contribution in [0, 0.1) is 0 Å². The van der Waals surface area contributed by atoms with Crippen molar-refractivity contribution in [1.82, 2.24) is 0 Å². The Bertz CT molecular complexity index is 383. The molecule has 0 aliphatic carbocycles. The summed E-state index contributed by atoms with van der Waals surface area (Å²) in [6.07, 6.45) is 0. The summed E-state index contributed by atoms with van der Waals surface area (Å²) in [6, 6.07) is 6.37. The van der Waals surface area contributed by atoms with Crippen LogP contribution >= 0.6 is 15.9 Å². The van der Waals surface area contributed by atoms with Crippen molar-refractivity contribution >= 4 is 27.7 Å². The number of carbonyl (C=O) groups is 2. The topological polar surface area (TPSA) is 63.6 Å². The first-order valence-electron chi connectivity index (χ1n) is 4.63. The van der Waals surface area contributed by atoms with Crippen LogP contribution in [0.2, 0.25) is 0 Å². The van der Waals surface area contributed by atoms with Crippen LogP contribution in [-0.4, -0.2) is 28.3 Å². The van der Waals surface area contributed by atoms with Crippen molar-refractivity contribution in [2.75, 3.05) is 6.61 Å². The predicted molar refractivity (Wildman–Crippen MR) is 62.3 cm³/mol. The van der Waals surface area contributed by atoms with E-state index in [1.807, 2.05) is 0 Å². The van der Waals surface area contributed by atoms with Crippen molar-refractivity contribution in [3.63, 3.8) is 0 Å². The molecule has 0 unspecified atom stereocenters. The SMILES string of the molecule is C[C@H](Br)C(=O)c1ccc(OCC(=O)O)cc1. The fourth-order valence-electron chi connectivity index (χ4n) is 1.09. The fraction of sp³-hybridized carbons (Fsp3) is 0.273. The molecule has 0 spiro atoms. The summed E-state index contributed by atoms with van der Waals surface area (Å²) in [6.45, 7) is 1.36. The summed E-state index contributed by atoms with van der Waals surface area (Å²) in [5.74, 6) is -0.625. The predicted octanol–water partition coefficient (Wildman–Crippen LogP) is 2.12. The normalized spacial score (nSPS) is 11.9. The molecule has 0 aliphatic rings. The number of alkyl halides is 1. The average Bonchev–Trinajstić information content (AvgIpc) is 2.26. The standard InChI is InChI=1S/C11H11BrO4/c1-7(12)11(15)8-2-4-9(5-3-8)16-6-10(13)14/h2-5,7H,6H2,1H3,(H,13,14)/t7-/m0/s1. The van der Waals surface area contributed by atoms with Crippen molar-refractivity contribution in [1.29, 1.82) is 0 Å². The lowest BCUT2D eigenvalue weighted by atomic mass is 10.1. The first kappa shape index (κ1) is 12.7. The van der Waals surface area contributed by atoms with Crippen LogP contribution in [0.15, 0.2) is 24.3 Å². The second kappa shape index (κ2) is 5.65. The Labute approximate surface area is 101 Å². The van der Waals surface area contributed by atoms with Crippen LogP contribution in [0.3, 0.4) is 0 Å². The molecule has 0 amide bonds. The van der Waals surface area contributed by atoms with Gasteiger partial charge in [0.1, 0.15) is 5.75 Å². The highest BCUT2D eigenvalue weighted by molar-refractivity contribution is 9.10. The van der Waals surface area contributed by atoms with Crippen LogP contribution in [0.4, 0.5) is 0 Å². The van der Waals surface area contributed by atoms with Crippen molar-refractivity contribution in [3.8, 4) is 5.75 Å². The van der Waals surface area contributed by atoms with E-state index in [0.717, 1.165) is 0 Å². The number of benzene rings is 1. The second-order valence-electron chi connectivity index (χ2n) is 3.19. The molecule has 0 saturated heterocycles. The van der Waals surface area contributed by atoms with E-state index in [1.54, 1.807) is 31.2 Å². The Morgan fingerprint density at radius 1 is 1.38 bits per heavy atom. The molecule has 1 atom stereocenters. The van der Waals surface area contributed by atoms with Crippen molar-refractivity contribution in [2.45, 2.75) is 11.8 Å². The molecule has 0 aromatic heterocycles. The number of rotatable bonds is 5. The summed E-state index contributed by atoms with van der Waals surface area (Å²) in [5.41, 5.74) is 0.562. The van der Waals surface area contributed by atoms with Gasteiger partial charge in [-0.25, -0.2) is 4.79 Å². The zero-order valence-electron chi connectivity index (χ0n) is 8.64. The monoisotopic (exact) mass is 286 g/mol. The lowest BCUT2D eigenvalue weighted by Crippen LogP contribution is -2.11. The molecule has 0 fully saturated rings. The molecule has 5 heteroatoms. The third-order valence-corrected chi connectivity index (χ3v) is 2.28. The maximum absolute atomic E-state index is 11.5. The molecule has 0 heterocycles. The van der Waals surface area contributed by atoms with Crippen LogP contribution in [-0.2, 0) is 4.79 Å². The molecule has 0 bridgehead atoms. The van der Waals surface area contributed by atoms with E-state index in [4.69, 9.17) is 9.84 Å². The van der Waals surface area contributed by atoms with Crippen LogP contribution in [0.5, 0.6) is 5.75 Å². The molecule has 16 heavy (non-hydrogen) atoms. The van der Waals surface area contributed by atoms with Crippen molar-refractivity contribution in [3.05, 3.63) is 29.8 Å². The number of carboxylic acids is 1. The van der Waals surface area contributed by atoms with Crippen LogP contribution in [0.1, 0.15) is 17.3 Å². The Morgan fingerprint density at radius 2 is 1.94 bits per heavy atom. The first-order valence-corrected chi connectivity index (χ1v) is 5.55. The van der Waals surface area contributed by atoms with E-state index in [2.05, 4.69) is 15.9 Å². The Balaban J connectivity index is 2.68. The first-order chi connectivity index (χ1) is 7.50. The lowest BCUT2D eigenvalue weighted by molar-refractivity contribution is -0.139. The van der Waals surface area contributed by atoms with Crippen molar-refractivity contribution in [2.24, 2.45) is 0 Å². The van der Waals surface area contributed by atoms with Gasteiger partial charge in [0.2, 0.25) is 0 Å². The zero-order valence-corrected chi connectivity index (χ0v) is 10.2. The van der Waals surface area contributed by atoms with E-state index in [-0.39, 0.29) is 17.2 Å². The largest absolute Gasteiger partial charge is 0.482 e. The number of carbonyl (C=O) groups excluding carboxylic acids is 1. The fourth-order valence-corrected chi connectivity index (χ4v) is 1.35. The van der Waals surface area contributed by atoms with Gasteiger partial charge < -0.3 is 9.84 Å².